The van der Waals surface area contributed by atoms with Crippen LogP contribution in [-0.2, 0) is 4.74 Å². The summed E-state index contributed by atoms with van der Waals surface area (Å²) in [5.41, 5.74) is 0. The van der Waals surface area contributed by atoms with Crippen LogP contribution in [0.15, 0.2) is 11.8 Å². The molecule has 1 aliphatic rings. The summed E-state index contributed by atoms with van der Waals surface area (Å²) in [5, 5.41) is 3.26. The number of ether oxygens (including phenoxy) is 1. The van der Waals surface area contributed by atoms with Crippen molar-refractivity contribution in [3.05, 3.63) is 11.8 Å². The van der Waals surface area contributed by atoms with Crippen LogP contribution < -0.4 is 5.32 Å². The van der Waals surface area contributed by atoms with E-state index in [-0.39, 0.29) is 0 Å². The van der Waals surface area contributed by atoms with E-state index in [9.17, 15) is 0 Å². The van der Waals surface area contributed by atoms with Crippen LogP contribution in [0.5, 0.6) is 0 Å². The van der Waals surface area contributed by atoms with Gasteiger partial charge in [0, 0.05) is 12.5 Å². The molecular weight excluding hydrogens is 138 g/mol. The number of hydrogen-bond donors (Lipinski definition) is 1. The minimum absolute atomic E-state index is 0.366. The van der Waals surface area contributed by atoms with E-state index in [0.29, 0.717) is 12.1 Å². The third kappa shape index (κ3) is 1.96. The summed E-state index contributed by atoms with van der Waals surface area (Å²) in [4.78, 5) is 0. The number of likely N-dealkylation sites (N-methyl/N-ethyl adjacent to an activating group) is 1. The van der Waals surface area contributed by atoms with Gasteiger partial charge in [0.15, 0.2) is 0 Å². The SMILES string of the molecule is CCC(NC)C1CC=C(C)O1. The molecule has 0 aromatic heterocycles. The molecule has 2 nitrogen and oxygen atoms in total. The van der Waals surface area contributed by atoms with Crippen molar-refractivity contribution in [3.63, 3.8) is 0 Å². The molecule has 0 aliphatic carbocycles. The van der Waals surface area contributed by atoms with Crippen LogP contribution >= 0.6 is 0 Å². The highest BCUT2D eigenvalue weighted by Crippen LogP contribution is 2.20. The number of allylic oxidation sites excluding steroid dienone is 1. The molecule has 0 fully saturated rings. The maximum atomic E-state index is 5.60. The van der Waals surface area contributed by atoms with Crippen LogP contribution in [0.2, 0.25) is 0 Å². The van der Waals surface area contributed by atoms with Gasteiger partial charge in [0.25, 0.3) is 0 Å². The van der Waals surface area contributed by atoms with Gasteiger partial charge in [-0.3, -0.25) is 0 Å². The molecule has 0 radical (unpaired) electrons. The average molecular weight is 155 g/mol. The van der Waals surface area contributed by atoms with Crippen molar-refractivity contribution >= 4 is 0 Å². The minimum Gasteiger partial charge on any atom is -0.493 e. The second-order valence-electron chi connectivity index (χ2n) is 3.01. The monoisotopic (exact) mass is 155 g/mol. The molecular formula is C9H17NO. The standard InChI is InChI=1S/C9H17NO/c1-4-8(10-3)9-6-5-7(2)11-9/h5,8-10H,4,6H2,1-3H3. The Bertz CT molecular complexity index is 150. The fourth-order valence-electron chi connectivity index (χ4n) is 1.52. The highest BCUT2D eigenvalue weighted by atomic mass is 16.5. The van der Waals surface area contributed by atoms with Gasteiger partial charge >= 0.3 is 0 Å². The first-order chi connectivity index (χ1) is 5.27. The molecule has 2 unspecified atom stereocenters. The van der Waals surface area contributed by atoms with Gasteiger partial charge in [0.05, 0.1) is 5.76 Å². The van der Waals surface area contributed by atoms with Gasteiger partial charge in [-0.1, -0.05) is 6.92 Å². The van der Waals surface area contributed by atoms with Crippen molar-refractivity contribution in [2.24, 2.45) is 0 Å². The zero-order chi connectivity index (χ0) is 8.27. The van der Waals surface area contributed by atoms with E-state index in [0.717, 1.165) is 18.6 Å². The second kappa shape index (κ2) is 3.77. The van der Waals surface area contributed by atoms with Crippen LogP contribution in [0.3, 0.4) is 0 Å². The van der Waals surface area contributed by atoms with Gasteiger partial charge in [-0.15, -0.1) is 0 Å². The zero-order valence-electron chi connectivity index (χ0n) is 7.55. The first kappa shape index (κ1) is 8.60. The molecule has 0 spiro atoms. The summed E-state index contributed by atoms with van der Waals surface area (Å²) >= 11 is 0. The number of nitrogens with one attached hydrogen (secondary N) is 1. The lowest BCUT2D eigenvalue weighted by atomic mass is 10.1. The first-order valence-corrected chi connectivity index (χ1v) is 4.28. The largest absolute Gasteiger partial charge is 0.493 e. The Morgan fingerprint density at radius 3 is 2.91 bits per heavy atom. The summed E-state index contributed by atoms with van der Waals surface area (Å²) < 4.78 is 5.60. The summed E-state index contributed by atoms with van der Waals surface area (Å²) in [6.45, 7) is 4.20. The molecule has 0 saturated heterocycles. The molecule has 11 heavy (non-hydrogen) atoms. The maximum absolute atomic E-state index is 5.60. The molecule has 2 heteroatoms. The van der Waals surface area contributed by atoms with Gasteiger partial charge < -0.3 is 10.1 Å². The summed E-state index contributed by atoms with van der Waals surface area (Å²) in [6.07, 6.45) is 4.71. The third-order valence-corrected chi connectivity index (χ3v) is 2.23. The highest BCUT2D eigenvalue weighted by Gasteiger charge is 2.22. The van der Waals surface area contributed by atoms with Crippen molar-refractivity contribution in [1.82, 2.24) is 5.32 Å². The van der Waals surface area contributed by atoms with Crippen LogP contribution in [0, 0.1) is 0 Å². The van der Waals surface area contributed by atoms with E-state index in [4.69, 9.17) is 4.74 Å². The van der Waals surface area contributed by atoms with Crippen molar-refractivity contribution in [2.75, 3.05) is 7.05 Å². The van der Waals surface area contributed by atoms with Gasteiger partial charge in [-0.25, -0.2) is 0 Å². The molecule has 1 heterocycles. The lowest BCUT2D eigenvalue weighted by molar-refractivity contribution is 0.107. The Balaban J connectivity index is 2.38. The Labute approximate surface area is 68.6 Å². The van der Waals surface area contributed by atoms with Crippen LogP contribution in [0.1, 0.15) is 26.7 Å². The summed E-state index contributed by atoms with van der Waals surface area (Å²) in [6, 6.07) is 0.503. The van der Waals surface area contributed by atoms with Gasteiger partial charge in [-0.2, -0.15) is 0 Å². The topological polar surface area (TPSA) is 21.3 Å². The van der Waals surface area contributed by atoms with Crippen molar-refractivity contribution < 1.29 is 4.74 Å². The molecule has 64 valence electrons. The molecule has 0 aromatic rings. The molecule has 1 aliphatic heterocycles. The third-order valence-electron chi connectivity index (χ3n) is 2.23. The van der Waals surface area contributed by atoms with E-state index in [1.165, 1.54) is 0 Å². The van der Waals surface area contributed by atoms with Gasteiger partial charge in [0.2, 0.25) is 0 Å². The normalized spacial score (nSPS) is 26.1. The lowest BCUT2D eigenvalue weighted by Gasteiger charge is -2.21. The molecule has 2 atom stereocenters. The fourth-order valence-corrected chi connectivity index (χ4v) is 1.52. The van der Waals surface area contributed by atoms with E-state index >= 15 is 0 Å². The second-order valence-corrected chi connectivity index (χ2v) is 3.01. The number of hydrogen-bond acceptors (Lipinski definition) is 2. The van der Waals surface area contributed by atoms with Gasteiger partial charge in [0.1, 0.15) is 6.10 Å². The van der Waals surface area contributed by atoms with Crippen LogP contribution in [-0.4, -0.2) is 19.2 Å². The minimum atomic E-state index is 0.366. The summed E-state index contributed by atoms with van der Waals surface area (Å²) in [7, 11) is 1.99. The van der Waals surface area contributed by atoms with E-state index in [1.807, 2.05) is 14.0 Å². The van der Waals surface area contributed by atoms with E-state index in [2.05, 4.69) is 18.3 Å². The average Bonchev–Trinajstić information content (AvgIpc) is 2.39. The van der Waals surface area contributed by atoms with Crippen LogP contribution in [0.25, 0.3) is 0 Å². The van der Waals surface area contributed by atoms with Crippen molar-refractivity contribution in [1.29, 1.82) is 0 Å². The Morgan fingerprint density at radius 1 is 1.82 bits per heavy atom. The molecule has 1 rings (SSSR count). The number of rotatable bonds is 3. The maximum Gasteiger partial charge on any atom is 0.117 e. The Hall–Kier alpha value is -0.500. The molecule has 0 bridgehead atoms. The molecule has 0 amide bonds. The first-order valence-electron chi connectivity index (χ1n) is 4.28. The lowest BCUT2D eigenvalue weighted by Crippen LogP contribution is -2.36. The Morgan fingerprint density at radius 2 is 2.55 bits per heavy atom. The smallest absolute Gasteiger partial charge is 0.117 e. The predicted octanol–water partition coefficient (Wildman–Crippen LogP) is 1.68. The van der Waals surface area contributed by atoms with E-state index < -0.39 is 0 Å². The fraction of sp³-hybridized carbons (Fsp3) is 0.778. The van der Waals surface area contributed by atoms with Crippen molar-refractivity contribution in [2.45, 2.75) is 38.8 Å². The van der Waals surface area contributed by atoms with Gasteiger partial charge in [-0.05, 0) is 26.5 Å². The van der Waals surface area contributed by atoms with Crippen molar-refractivity contribution in [3.8, 4) is 0 Å². The quantitative estimate of drug-likeness (QED) is 0.669. The highest BCUT2D eigenvalue weighted by molar-refractivity contribution is 5.00. The van der Waals surface area contributed by atoms with Crippen LogP contribution in [0.4, 0.5) is 0 Å². The molecule has 0 saturated carbocycles. The molecule has 0 aromatic carbocycles. The van der Waals surface area contributed by atoms with E-state index in [1.54, 1.807) is 0 Å². The Kier molecular flexibility index (Phi) is 2.94. The zero-order valence-corrected chi connectivity index (χ0v) is 7.55. The summed E-state index contributed by atoms with van der Waals surface area (Å²) in [5.74, 6) is 1.07. The molecule has 1 N–H and O–H groups in total. The predicted molar refractivity (Wildman–Crippen MR) is 46.4 cm³/mol.